The lowest BCUT2D eigenvalue weighted by Gasteiger charge is -2.29. The third-order valence-corrected chi connectivity index (χ3v) is 5.19. The van der Waals surface area contributed by atoms with Crippen molar-refractivity contribution in [3.8, 4) is 0 Å². The van der Waals surface area contributed by atoms with Crippen LogP contribution in [0.4, 0.5) is 23.1 Å². The van der Waals surface area contributed by atoms with Crippen molar-refractivity contribution >= 4 is 40.1 Å². The Labute approximate surface area is 162 Å². The number of aryl methyl sites for hydroxylation is 1. The largest absolute Gasteiger partial charge is 0.395 e. The van der Waals surface area contributed by atoms with Crippen molar-refractivity contribution in [3.63, 3.8) is 0 Å². The van der Waals surface area contributed by atoms with Gasteiger partial charge in [0.25, 0.3) is 0 Å². The first-order valence-electron chi connectivity index (χ1n) is 9.64. The van der Waals surface area contributed by atoms with Gasteiger partial charge in [0.2, 0.25) is 11.9 Å². The number of carbonyl (C=O) groups is 1. The molecular formula is C20H22N6O2. The van der Waals surface area contributed by atoms with Crippen LogP contribution in [0.25, 0.3) is 11.0 Å². The fourth-order valence-corrected chi connectivity index (χ4v) is 3.64. The van der Waals surface area contributed by atoms with E-state index in [2.05, 4.69) is 25.6 Å². The van der Waals surface area contributed by atoms with Gasteiger partial charge in [-0.05, 0) is 49.1 Å². The molecule has 2 aliphatic rings. The van der Waals surface area contributed by atoms with E-state index in [0.717, 1.165) is 33.8 Å². The van der Waals surface area contributed by atoms with Gasteiger partial charge >= 0.3 is 0 Å². The zero-order valence-electron chi connectivity index (χ0n) is 15.4. The molecule has 28 heavy (non-hydrogen) atoms. The predicted octanol–water partition coefficient (Wildman–Crippen LogP) is 2.55. The van der Waals surface area contributed by atoms with Crippen LogP contribution in [0.1, 0.15) is 24.8 Å². The number of aromatic nitrogens is 3. The number of rotatable bonds is 6. The van der Waals surface area contributed by atoms with Crippen molar-refractivity contribution in [1.29, 1.82) is 0 Å². The zero-order chi connectivity index (χ0) is 19.1. The lowest BCUT2D eigenvalue weighted by atomic mass is 10.0. The summed E-state index contributed by atoms with van der Waals surface area (Å²) in [5.74, 6) is 1.42. The standard InChI is InChI=1S/C20H22N6O2/c27-10-9-26-16-5-4-14(11-12(16)1-6-17(26)28)23-20-24-18-15(7-8-21-18)19(25-20)22-13-2-3-13/h4-5,7-8,11,13,27H,1-3,6,9-10H2,(H3,21,22,23,24,25). The van der Waals surface area contributed by atoms with E-state index in [-0.39, 0.29) is 12.5 Å². The minimum atomic E-state index is -0.0496. The number of nitrogens with one attached hydrogen (secondary N) is 3. The van der Waals surface area contributed by atoms with Gasteiger partial charge in [-0.2, -0.15) is 9.97 Å². The Kier molecular flexibility index (Phi) is 4.12. The molecule has 1 amide bonds. The summed E-state index contributed by atoms with van der Waals surface area (Å²) in [6, 6.07) is 8.34. The van der Waals surface area contributed by atoms with E-state index >= 15 is 0 Å². The van der Waals surface area contributed by atoms with Crippen molar-refractivity contribution in [3.05, 3.63) is 36.0 Å². The number of amides is 1. The average Bonchev–Trinajstić information content (AvgIpc) is 3.37. The Balaban J connectivity index is 1.44. The van der Waals surface area contributed by atoms with Crippen LogP contribution in [0.15, 0.2) is 30.5 Å². The van der Waals surface area contributed by atoms with E-state index in [0.29, 0.717) is 31.4 Å². The summed E-state index contributed by atoms with van der Waals surface area (Å²) in [5, 5.41) is 17.0. The summed E-state index contributed by atoms with van der Waals surface area (Å²) in [7, 11) is 0. The van der Waals surface area contributed by atoms with Crippen LogP contribution >= 0.6 is 0 Å². The molecule has 4 N–H and O–H groups in total. The van der Waals surface area contributed by atoms with Gasteiger partial charge in [-0.15, -0.1) is 0 Å². The second-order valence-corrected chi connectivity index (χ2v) is 7.29. The lowest BCUT2D eigenvalue weighted by Crippen LogP contribution is -2.37. The minimum Gasteiger partial charge on any atom is -0.395 e. The van der Waals surface area contributed by atoms with Crippen molar-refractivity contribution in [2.75, 3.05) is 28.7 Å². The molecule has 0 unspecified atom stereocenters. The number of H-pyrrole nitrogens is 1. The number of fused-ring (bicyclic) bond motifs is 2. The number of aromatic amines is 1. The number of anilines is 4. The second kappa shape index (κ2) is 6.79. The summed E-state index contributed by atoms with van der Waals surface area (Å²) >= 11 is 0. The van der Waals surface area contributed by atoms with Crippen LogP contribution in [-0.4, -0.2) is 45.2 Å². The van der Waals surface area contributed by atoms with Gasteiger partial charge in [0.1, 0.15) is 11.5 Å². The average molecular weight is 378 g/mol. The highest BCUT2D eigenvalue weighted by molar-refractivity contribution is 5.97. The molecule has 1 aromatic carbocycles. The van der Waals surface area contributed by atoms with Crippen LogP contribution in [0, 0.1) is 0 Å². The molecule has 5 rings (SSSR count). The van der Waals surface area contributed by atoms with Gasteiger partial charge in [0.05, 0.1) is 12.0 Å². The van der Waals surface area contributed by atoms with Gasteiger partial charge in [0.15, 0.2) is 0 Å². The molecule has 0 radical (unpaired) electrons. The molecule has 1 fully saturated rings. The first-order valence-corrected chi connectivity index (χ1v) is 9.64. The van der Waals surface area contributed by atoms with E-state index in [1.807, 2.05) is 30.5 Å². The Morgan fingerprint density at radius 2 is 2.11 bits per heavy atom. The Hall–Kier alpha value is -3.13. The SMILES string of the molecule is O=C1CCc2cc(Nc3nc(NC4CC4)c4cc[nH]c4n3)ccc2N1CCO. The molecule has 8 nitrogen and oxygen atoms in total. The second-order valence-electron chi connectivity index (χ2n) is 7.29. The van der Waals surface area contributed by atoms with Crippen LogP contribution < -0.4 is 15.5 Å². The van der Waals surface area contributed by atoms with E-state index in [4.69, 9.17) is 0 Å². The van der Waals surface area contributed by atoms with E-state index in [1.54, 1.807) is 4.90 Å². The van der Waals surface area contributed by atoms with Gasteiger partial charge < -0.3 is 25.6 Å². The third kappa shape index (κ3) is 3.16. The highest BCUT2D eigenvalue weighted by Crippen LogP contribution is 2.32. The predicted molar refractivity (Wildman–Crippen MR) is 108 cm³/mol. The maximum atomic E-state index is 12.1. The molecule has 3 heterocycles. The van der Waals surface area contributed by atoms with Crippen molar-refractivity contribution in [1.82, 2.24) is 15.0 Å². The number of hydrogen-bond acceptors (Lipinski definition) is 6. The molecule has 3 aromatic rings. The smallest absolute Gasteiger partial charge is 0.231 e. The summed E-state index contributed by atoms with van der Waals surface area (Å²) in [5.41, 5.74) is 3.61. The van der Waals surface area contributed by atoms with Crippen LogP contribution in [0.5, 0.6) is 0 Å². The van der Waals surface area contributed by atoms with Crippen LogP contribution in [0.3, 0.4) is 0 Å². The topological polar surface area (TPSA) is 106 Å². The molecule has 2 aromatic heterocycles. The normalized spacial score (nSPS) is 16.3. The first kappa shape index (κ1) is 17.0. The molecule has 0 spiro atoms. The number of aliphatic hydroxyl groups is 1. The summed E-state index contributed by atoms with van der Waals surface area (Å²) in [6.45, 7) is 0.271. The Bertz CT molecular complexity index is 1040. The van der Waals surface area contributed by atoms with E-state index < -0.39 is 0 Å². The Morgan fingerprint density at radius 3 is 2.93 bits per heavy atom. The molecule has 0 bridgehead atoms. The molecular weight excluding hydrogens is 356 g/mol. The molecule has 0 atom stereocenters. The number of β-amino-alcohol motifs (C(OH)–C–C–N with tert-alkyl or cyclic N) is 1. The number of carbonyl (C=O) groups excluding carboxylic acids is 1. The molecule has 1 saturated carbocycles. The van der Waals surface area contributed by atoms with E-state index in [9.17, 15) is 9.90 Å². The van der Waals surface area contributed by atoms with Crippen molar-refractivity contribution < 1.29 is 9.90 Å². The molecule has 144 valence electrons. The molecule has 8 heteroatoms. The van der Waals surface area contributed by atoms with Gasteiger partial charge in [-0.1, -0.05) is 0 Å². The number of nitrogens with zero attached hydrogens (tertiary/aromatic N) is 3. The zero-order valence-corrected chi connectivity index (χ0v) is 15.4. The maximum absolute atomic E-state index is 12.1. The Morgan fingerprint density at radius 1 is 1.21 bits per heavy atom. The monoisotopic (exact) mass is 378 g/mol. The summed E-state index contributed by atoms with van der Waals surface area (Å²) < 4.78 is 0. The maximum Gasteiger partial charge on any atom is 0.231 e. The van der Waals surface area contributed by atoms with Crippen molar-refractivity contribution in [2.45, 2.75) is 31.7 Å². The quantitative estimate of drug-likeness (QED) is 0.525. The number of aliphatic hydroxyl groups excluding tert-OH is 1. The van der Waals surface area contributed by atoms with Gasteiger partial charge in [0, 0.05) is 36.6 Å². The van der Waals surface area contributed by atoms with Gasteiger partial charge in [-0.3, -0.25) is 4.79 Å². The minimum absolute atomic E-state index is 0.0496. The molecule has 1 aliphatic carbocycles. The molecule has 0 saturated heterocycles. The highest BCUT2D eigenvalue weighted by Gasteiger charge is 2.25. The number of hydrogen-bond donors (Lipinski definition) is 4. The first-order chi connectivity index (χ1) is 13.7. The summed E-state index contributed by atoms with van der Waals surface area (Å²) in [4.78, 5) is 26.2. The third-order valence-electron chi connectivity index (χ3n) is 5.19. The van der Waals surface area contributed by atoms with Crippen LogP contribution in [-0.2, 0) is 11.2 Å². The van der Waals surface area contributed by atoms with Gasteiger partial charge in [-0.25, -0.2) is 0 Å². The fraction of sp³-hybridized carbons (Fsp3) is 0.350. The van der Waals surface area contributed by atoms with Crippen LogP contribution in [0.2, 0.25) is 0 Å². The molecule has 1 aliphatic heterocycles. The lowest BCUT2D eigenvalue weighted by molar-refractivity contribution is -0.119. The fourth-order valence-electron chi connectivity index (χ4n) is 3.64. The number of benzene rings is 1. The summed E-state index contributed by atoms with van der Waals surface area (Å²) in [6.07, 6.45) is 5.36. The van der Waals surface area contributed by atoms with Crippen molar-refractivity contribution in [2.24, 2.45) is 0 Å². The van der Waals surface area contributed by atoms with E-state index in [1.165, 1.54) is 12.8 Å². The highest BCUT2D eigenvalue weighted by atomic mass is 16.3.